The third kappa shape index (κ3) is 4.86. The summed E-state index contributed by atoms with van der Waals surface area (Å²) < 4.78 is 5.48. The molecule has 154 valence electrons. The maximum atomic E-state index is 12.4. The van der Waals surface area contributed by atoms with Gasteiger partial charge in [0.15, 0.2) is 5.82 Å². The number of amides is 1. The topological polar surface area (TPSA) is 58.6 Å². The lowest BCUT2D eigenvalue weighted by atomic mass is 10.1. The standard InChI is InChI=1S/C23H24N4O2S/c1-2-29-19-7-5-18(6-8-19)21-10-11-22(25-24-21)26-13-15-27(16-14-26)23(28)12-9-20-4-3-17-30-20/h3-12,17H,2,13-16H2,1H3/b12-9+. The minimum absolute atomic E-state index is 0.0555. The first-order valence-corrected chi connectivity index (χ1v) is 10.9. The summed E-state index contributed by atoms with van der Waals surface area (Å²) in [6.45, 7) is 5.46. The SMILES string of the molecule is CCOc1ccc(-c2ccc(N3CCN(C(=O)/C=C/c4cccs4)CC3)nn2)cc1. The van der Waals surface area contributed by atoms with Crippen molar-refractivity contribution in [2.45, 2.75) is 6.92 Å². The van der Waals surface area contributed by atoms with Crippen molar-refractivity contribution in [3.63, 3.8) is 0 Å². The molecule has 6 nitrogen and oxygen atoms in total. The second-order valence-electron chi connectivity index (χ2n) is 6.90. The van der Waals surface area contributed by atoms with Gasteiger partial charge in [-0.3, -0.25) is 4.79 Å². The van der Waals surface area contributed by atoms with E-state index in [2.05, 4.69) is 15.1 Å². The maximum absolute atomic E-state index is 12.4. The first-order valence-electron chi connectivity index (χ1n) is 10.1. The highest BCUT2D eigenvalue weighted by molar-refractivity contribution is 7.10. The number of anilines is 1. The van der Waals surface area contributed by atoms with E-state index < -0.39 is 0 Å². The van der Waals surface area contributed by atoms with Crippen LogP contribution in [0.4, 0.5) is 5.82 Å². The van der Waals surface area contributed by atoms with Crippen LogP contribution in [-0.4, -0.2) is 53.8 Å². The minimum atomic E-state index is 0.0555. The number of thiophene rings is 1. The number of piperazine rings is 1. The van der Waals surface area contributed by atoms with Crippen molar-refractivity contribution in [2.24, 2.45) is 0 Å². The molecule has 3 heterocycles. The molecule has 1 aromatic carbocycles. The van der Waals surface area contributed by atoms with Crippen LogP contribution < -0.4 is 9.64 Å². The second-order valence-corrected chi connectivity index (χ2v) is 7.87. The van der Waals surface area contributed by atoms with E-state index >= 15 is 0 Å². The van der Waals surface area contributed by atoms with Gasteiger partial charge in [0.05, 0.1) is 12.3 Å². The predicted octanol–water partition coefficient (Wildman–Crippen LogP) is 3.97. The van der Waals surface area contributed by atoms with Crippen molar-refractivity contribution in [1.29, 1.82) is 0 Å². The molecule has 2 aromatic heterocycles. The van der Waals surface area contributed by atoms with Gasteiger partial charge in [-0.2, -0.15) is 0 Å². The van der Waals surface area contributed by atoms with Crippen LogP contribution in [-0.2, 0) is 4.79 Å². The molecule has 0 aliphatic carbocycles. The monoisotopic (exact) mass is 420 g/mol. The number of ether oxygens (including phenoxy) is 1. The Morgan fingerprint density at radius 2 is 1.87 bits per heavy atom. The molecule has 0 N–H and O–H groups in total. The number of rotatable bonds is 6. The Balaban J connectivity index is 1.33. The quantitative estimate of drug-likeness (QED) is 0.565. The fraction of sp³-hybridized carbons (Fsp3) is 0.261. The molecule has 3 aromatic rings. The van der Waals surface area contributed by atoms with Crippen LogP contribution in [0, 0.1) is 0 Å². The Labute approximate surface area is 180 Å². The number of hydrogen-bond acceptors (Lipinski definition) is 6. The van der Waals surface area contributed by atoms with Crippen molar-refractivity contribution < 1.29 is 9.53 Å². The van der Waals surface area contributed by atoms with Crippen LogP contribution in [0.5, 0.6) is 5.75 Å². The molecular weight excluding hydrogens is 396 g/mol. The molecule has 0 unspecified atom stereocenters. The molecule has 7 heteroatoms. The summed E-state index contributed by atoms with van der Waals surface area (Å²) in [5.41, 5.74) is 1.83. The van der Waals surface area contributed by atoms with Gasteiger partial charge in [0.1, 0.15) is 5.75 Å². The summed E-state index contributed by atoms with van der Waals surface area (Å²) >= 11 is 1.62. The Bertz CT molecular complexity index is 977. The first kappa shape index (κ1) is 20.1. The van der Waals surface area contributed by atoms with Gasteiger partial charge in [0.2, 0.25) is 5.91 Å². The van der Waals surface area contributed by atoms with Gasteiger partial charge in [-0.15, -0.1) is 21.5 Å². The number of carbonyl (C=O) groups excluding carboxylic acids is 1. The number of benzene rings is 1. The van der Waals surface area contributed by atoms with Crippen molar-refractivity contribution in [3.8, 4) is 17.0 Å². The zero-order valence-corrected chi connectivity index (χ0v) is 17.7. The molecule has 0 atom stereocenters. The van der Waals surface area contributed by atoms with Gasteiger partial charge >= 0.3 is 0 Å². The highest BCUT2D eigenvalue weighted by Crippen LogP contribution is 2.22. The van der Waals surface area contributed by atoms with Crippen molar-refractivity contribution >= 4 is 29.1 Å². The fourth-order valence-electron chi connectivity index (χ4n) is 3.34. The lowest BCUT2D eigenvalue weighted by Gasteiger charge is -2.34. The minimum Gasteiger partial charge on any atom is -0.494 e. The summed E-state index contributed by atoms with van der Waals surface area (Å²) in [7, 11) is 0. The van der Waals surface area contributed by atoms with Gasteiger partial charge < -0.3 is 14.5 Å². The third-order valence-corrected chi connectivity index (χ3v) is 5.80. The molecule has 0 saturated carbocycles. The molecule has 4 rings (SSSR count). The van der Waals surface area contributed by atoms with Gasteiger partial charge in [-0.05, 0) is 60.8 Å². The third-order valence-electron chi connectivity index (χ3n) is 4.96. The van der Waals surface area contributed by atoms with E-state index in [-0.39, 0.29) is 5.91 Å². The highest BCUT2D eigenvalue weighted by atomic mass is 32.1. The zero-order valence-electron chi connectivity index (χ0n) is 16.9. The van der Waals surface area contributed by atoms with Crippen molar-refractivity contribution in [2.75, 3.05) is 37.7 Å². The van der Waals surface area contributed by atoms with Crippen LogP contribution in [0.15, 0.2) is 60.0 Å². The van der Waals surface area contributed by atoms with Crippen LogP contribution >= 0.6 is 11.3 Å². The second kappa shape index (κ2) is 9.54. The van der Waals surface area contributed by atoms with Gasteiger partial charge in [-0.1, -0.05) is 6.07 Å². The molecule has 1 saturated heterocycles. The number of hydrogen-bond donors (Lipinski definition) is 0. The van der Waals surface area contributed by atoms with Crippen LogP contribution in [0.25, 0.3) is 17.3 Å². The molecule has 1 aliphatic rings. The maximum Gasteiger partial charge on any atom is 0.246 e. The zero-order chi connectivity index (χ0) is 20.8. The van der Waals surface area contributed by atoms with Crippen molar-refractivity contribution in [3.05, 3.63) is 64.9 Å². The van der Waals surface area contributed by atoms with E-state index in [0.717, 1.165) is 40.8 Å². The summed E-state index contributed by atoms with van der Waals surface area (Å²) in [6, 6.07) is 15.8. The van der Waals surface area contributed by atoms with Crippen molar-refractivity contribution in [1.82, 2.24) is 15.1 Å². The predicted molar refractivity (Wildman–Crippen MR) is 121 cm³/mol. The molecule has 1 fully saturated rings. The molecule has 0 radical (unpaired) electrons. The van der Waals surface area contributed by atoms with Gasteiger partial charge in [-0.25, -0.2) is 0 Å². The molecule has 0 bridgehead atoms. The van der Waals surface area contributed by atoms with Gasteiger partial charge in [0.25, 0.3) is 0 Å². The average Bonchev–Trinajstić information content (AvgIpc) is 3.32. The highest BCUT2D eigenvalue weighted by Gasteiger charge is 2.20. The smallest absolute Gasteiger partial charge is 0.246 e. The van der Waals surface area contributed by atoms with E-state index in [9.17, 15) is 4.79 Å². The van der Waals surface area contributed by atoms with Crippen LogP contribution in [0.1, 0.15) is 11.8 Å². The Morgan fingerprint density at radius 3 is 2.50 bits per heavy atom. The fourth-order valence-corrected chi connectivity index (χ4v) is 3.96. The summed E-state index contributed by atoms with van der Waals surface area (Å²) in [5.74, 6) is 1.74. The average molecular weight is 421 g/mol. The number of aromatic nitrogens is 2. The molecule has 1 amide bonds. The Morgan fingerprint density at radius 1 is 1.07 bits per heavy atom. The molecule has 30 heavy (non-hydrogen) atoms. The van der Waals surface area contributed by atoms with E-state index in [0.29, 0.717) is 19.7 Å². The first-order chi connectivity index (χ1) is 14.7. The van der Waals surface area contributed by atoms with Crippen LogP contribution in [0.3, 0.4) is 0 Å². The molecule has 0 spiro atoms. The van der Waals surface area contributed by atoms with E-state index in [1.165, 1.54) is 0 Å². The Kier molecular flexibility index (Phi) is 6.39. The summed E-state index contributed by atoms with van der Waals surface area (Å²) in [5, 5.41) is 10.8. The van der Waals surface area contributed by atoms with E-state index in [1.54, 1.807) is 17.4 Å². The Hall–Kier alpha value is -3.19. The molecule has 1 aliphatic heterocycles. The number of carbonyl (C=O) groups is 1. The lowest BCUT2D eigenvalue weighted by Crippen LogP contribution is -2.48. The largest absolute Gasteiger partial charge is 0.494 e. The van der Waals surface area contributed by atoms with Gasteiger partial charge in [0, 0.05) is 42.7 Å². The van der Waals surface area contributed by atoms with E-state index in [4.69, 9.17) is 4.74 Å². The van der Waals surface area contributed by atoms with E-state index in [1.807, 2.05) is 71.8 Å². The lowest BCUT2D eigenvalue weighted by molar-refractivity contribution is -0.126. The molecular formula is C23H24N4O2S. The normalized spacial score (nSPS) is 14.3. The summed E-state index contributed by atoms with van der Waals surface area (Å²) in [4.78, 5) is 17.5. The summed E-state index contributed by atoms with van der Waals surface area (Å²) in [6.07, 6.45) is 3.54. The van der Waals surface area contributed by atoms with Crippen LogP contribution in [0.2, 0.25) is 0 Å². The number of nitrogens with zero attached hydrogens (tertiary/aromatic N) is 4.